The molecule has 1 amide bonds. The van der Waals surface area contributed by atoms with E-state index in [1.807, 2.05) is 6.08 Å². The van der Waals surface area contributed by atoms with Crippen molar-refractivity contribution in [2.75, 3.05) is 26.4 Å². The number of nitrogens with one attached hydrogen (secondary N) is 1. The molecule has 0 saturated carbocycles. The maximum absolute atomic E-state index is 13.5. The fourth-order valence-corrected chi connectivity index (χ4v) is 15.9. The number of carbonyl (C=O) groups is 1. The molecule has 12 N–H and O–H groups in total. The highest BCUT2D eigenvalue weighted by Crippen LogP contribution is 2.34. The van der Waals surface area contributed by atoms with Gasteiger partial charge < -0.3 is 89.9 Å². The van der Waals surface area contributed by atoms with Gasteiger partial charge in [-0.1, -0.05) is 390 Å². The molecule has 112 heavy (non-hydrogen) atoms. The van der Waals surface area contributed by atoms with Crippen LogP contribution in [0.15, 0.2) is 48.6 Å². The molecule has 3 aliphatic heterocycles. The Kier molecular flexibility index (Phi) is 67.5. The zero-order valence-electron chi connectivity index (χ0n) is 71.2. The summed E-state index contributed by atoms with van der Waals surface area (Å²) in [6.07, 6.45) is 68.5. The third-order valence-corrected chi connectivity index (χ3v) is 23.4. The van der Waals surface area contributed by atoms with E-state index >= 15 is 0 Å². The van der Waals surface area contributed by atoms with Gasteiger partial charge in [-0.05, 0) is 57.8 Å². The molecule has 0 aromatic carbocycles. The lowest BCUT2D eigenvalue weighted by Crippen LogP contribution is -2.66. The highest BCUT2D eigenvalue weighted by Gasteiger charge is 2.54. The molecule has 0 spiro atoms. The maximum atomic E-state index is 13.5. The summed E-state index contributed by atoms with van der Waals surface area (Å²) in [7, 11) is 0. The van der Waals surface area contributed by atoms with Crippen LogP contribution in [0.1, 0.15) is 406 Å². The quantitative estimate of drug-likeness (QED) is 0.0199. The molecule has 3 heterocycles. The van der Waals surface area contributed by atoms with Gasteiger partial charge >= 0.3 is 0 Å². The first-order chi connectivity index (χ1) is 54.8. The van der Waals surface area contributed by atoms with Gasteiger partial charge in [0.2, 0.25) is 5.91 Å². The van der Waals surface area contributed by atoms with E-state index in [2.05, 4.69) is 55.6 Å². The Labute approximate surface area is 682 Å². The third kappa shape index (κ3) is 50.6. The molecule has 19 nitrogen and oxygen atoms in total. The van der Waals surface area contributed by atoms with Gasteiger partial charge in [-0.15, -0.1) is 0 Å². The number of rotatable bonds is 77. The van der Waals surface area contributed by atoms with Crippen LogP contribution >= 0.6 is 0 Å². The second-order valence-corrected chi connectivity index (χ2v) is 33.5. The summed E-state index contributed by atoms with van der Waals surface area (Å²) in [5.74, 6) is -0.267. The highest BCUT2D eigenvalue weighted by molar-refractivity contribution is 5.76. The van der Waals surface area contributed by atoms with Crippen molar-refractivity contribution in [3.63, 3.8) is 0 Å². The van der Waals surface area contributed by atoms with Crippen molar-refractivity contribution in [3.8, 4) is 0 Å². The molecule has 3 aliphatic rings. The van der Waals surface area contributed by atoms with Crippen LogP contribution in [0, 0.1) is 0 Å². The zero-order chi connectivity index (χ0) is 81.0. The number of aliphatic hydroxyl groups is 11. The highest BCUT2D eigenvalue weighted by atomic mass is 16.8. The van der Waals surface area contributed by atoms with Crippen LogP contribution in [0.2, 0.25) is 0 Å². The number of carbonyl (C=O) groups excluding carboxylic acids is 1. The van der Waals surface area contributed by atoms with E-state index in [-0.39, 0.29) is 18.9 Å². The Balaban J connectivity index is 1.29. The fourth-order valence-electron chi connectivity index (χ4n) is 15.9. The van der Waals surface area contributed by atoms with E-state index in [4.69, 9.17) is 28.4 Å². The van der Waals surface area contributed by atoms with Gasteiger partial charge in [-0.25, -0.2) is 0 Å². The van der Waals surface area contributed by atoms with Crippen molar-refractivity contribution in [3.05, 3.63) is 48.6 Å². The van der Waals surface area contributed by atoms with Gasteiger partial charge in [0, 0.05) is 6.42 Å². The fraction of sp³-hybridized carbons (Fsp3) is 0.903. The number of hydrogen-bond acceptors (Lipinski definition) is 18. The van der Waals surface area contributed by atoms with Crippen molar-refractivity contribution in [1.29, 1.82) is 0 Å². The molecule has 0 radical (unpaired) electrons. The van der Waals surface area contributed by atoms with Crippen molar-refractivity contribution >= 4 is 5.91 Å². The minimum Gasteiger partial charge on any atom is -0.394 e. The van der Waals surface area contributed by atoms with Crippen LogP contribution in [-0.2, 0) is 33.2 Å². The summed E-state index contributed by atoms with van der Waals surface area (Å²) in [6, 6.07) is -0.974. The molecular formula is C93H173NO18. The van der Waals surface area contributed by atoms with E-state index < -0.39 is 124 Å². The van der Waals surface area contributed by atoms with Crippen LogP contribution in [0.25, 0.3) is 0 Å². The first-order valence-electron chi connectivity index (χ1n) is 46.9. The predicted molar refractivity (Wildman–Crippen MR) is 452 cm³/mol. The SMILES string of the molecule is CCCCCCC/C=C\C/C=C\C/C=C\CCCCCCCCCCCCCCCCCCCCCCCCCCCCC(=O)NC(COC1OC(CO)C(OC2OC(CO)C(OC3OC(CO)C(O)C(O)C3O)C(O)C2O)C(O)C1O)C(O)/C=C/CCCCCCCCCCCCCCCCCCCCCCCCCC. The molecule has 0 aliphatic carbocycles. The Morgan fingerprint density at radius 3 is 0.920 bits per heavy atom. The van der Waals surface area contributed by atoms with E-state index in [9.17, 15) is 61.0 Å². The van der Waals surface area contributed by atoms with Crippen molar-refractivity contribution in [2.24, 2.45) is 0 Å². The molecule has 0 bridgehead atoms. The average Bonchev–Trinajstić information content (AvgIpc) is 0.781. The first-order valence-corrected chi connectivity index (χ1v) is 46.9. The molecule has 658 valence electrons. The number of aliphatic hydroxyl groups excluding tert-OH is 11. The van der Waals surface area contributed by atoms with Gasteiger partial charge in [0.15, 0.2) is 18.9 Å². The van der Waals surface area contributed by atoms with Crippen LogP contribution in [-0.4, -0.2) is 193 Å². The Morgan fingerprint density at radius 2 is 0.589 bits per heavy atom. The monoisotopic (exact) mass is 1590 g/mol. The van der Waals surface area contributed by atoms with Crippen molar-refractivity contribution in [2.45, 2.75) is 510 Å². The van der Waals surface area contributed by atoms with Gasteiger partial charge in [-0.2, -0.15) is 0 Å². The van der Waals surface area contributed by atoms with E-state index in [0.717, 1.165) is 57.8 Å². The molecule has 17 atom stereocenters. The minimum atomic E-state index is -1.98. The van der Waals surface area contributed by atoms with E-state index in [1.165, 1.54) is 321 Å². The zero-order valence-corrected chi connectivity index (χ0v) is 71.2. The number of unbranched alkanes of at least 4 members (excludes halogenated alkanes) is 55. The van der Waals surface area contributed by atoms with Crippen LogP contribution in [0.3, 0.4) is 0 Å². The lowest BCUT2D eigenvalue weighted by molar-refractivity contribution is -0.379. The summed E-state index contributed by atoms with van der Waals surface area (Å²) in [6.45, 7) is 1.79. The molecule has 17 unspecified atom stereocenters. The normalized spacial score (nSPS) is 25.1. The second kappa shape index (κ2) is 72.7. The Bertz CT molecular complexity index is 2200. The van der Waals surface area contributed by atoms with E-state index in [0.29, 0.717) is 6.42 Å². The molecule has 0 aromatic heterocycles. The summed E-state index contributed by atoms with van der Waals surface area (Å²) in [4.78, 5) is 13.5. The smallest absolute Gasteiger partial charge is 0.220 e. The topological polar surface area (TPSA) is 307 Å². The Hall–Kier alpha value is -2.25. The van der Waals surface area contributed by atoms with Crippen LogP contribution in [0.5, 0.6) is 0 Å². The molecule has 3 saturated heterocycles. The van der Waals surface area contributed by atoms with Crippen LogP contribution < -0.4 is 5.32 Å². The van der Waals surface area contributed by atoms with Gasteiger partial charge in [0.05, 0.1) is 38.6 Å². The lowest BCUT2D eigenvalue weighted by atomic mass is 9.96. The lowest BCUT2D eigenvalue weighted by Gasteiger charge is -2.48. The molecule has 3 rings (SSSR count). The van der Waals surface area contributed by atoms with Gasteiger partial charge in [-0.3, -0.25) is 4.79 Å². The van der Waals surface area contributed by atoms with Crippen molar-refractivity contribution < 1.29 is 89.4 Å². The largest absolute Gasteiger partial charge is 0.394 e. The first kappa shape index (κ1) is 104. The number of ether oxygens (including phenoxy) is 6. The average molecular weight is 1590 g/mol. The Morgan fingerprint density at radius 1 is 0.321 bits per heavy atom. The summed E-state index contributed by atoms with van der Waals surface area (Å²) in [5.41, 5.74) is 0. The van der Waals surface area contributed by atoms with Gasteiger partial charge in [0.25, 0.3) is 0 Å². The van der Waals surface area contributed by atoms with Crippen molar-refractivity contribution in [1.82, 2.24) is 5.32 Å². The number of amides is 1. The number of hydrogen-bond donors (Lipinski definition) is 12. The molecule has 19 heteroatoms. The molecule has 3 fully saturated rings. The summed E-state index contributed by atoms with van der Waals surface area (Å²) >= 11 is 0. The minimum absolute atomic E-state index is 0.248. The predicted octanol–water partition coefficient (Wildman–Crippen LogP) is 18.4. The molecular weight excluding hydrogens is 1420 g/mol. The summed E-state index contributed by atoms with van der Waals surface area (Å²) < 4.78 is 34.5. The number of allylic oxidation sites excluding steroid dienone is 7. The second-order valence-electron chi connectivity index (χ2n) is 33.5. The van der Waals surface area contributed by atoms with Crippen LogP contribution in [0.4, 0.5) is 0 Å². The maximum Gasteiger partial charge on any atom is 0.220 e. The van der Waals surface area contributed by atoms with E-state index in [1.54, 1.807) is 6.08 Å². The van der Waals surface area contributed by atoms with Gasteiger partial charge in [0.1, 0.15) is 73.2 Å². The molecule has 0 aromatic rings. The third-order valence-electron chi connectivity index (χ3n) is 23.4. The standard InChI is InChI=1S/C93H173NO18/c1-3-5-7-9-11-13-15-17-19-21-23-25-27-29-31-32-33-34-35-36-37-38-39-40-41-42-43-44-45-47-49-51-53-55-57-59-61-63-65-67-69-71-81(99)94-76(77(98)70-68-66-64-62-60-58-56-54-52-50-48-46-30-28-26-24-22-20-18-16-14-12-10-8-6-4-2)75-107-91-87(105)84(102)89(79(73-96)109-91)112-93-88(106)85(103)90(80(74-97)110-93)111-92-86(104)83(101)82(100)78(72-95)108-92/h15,17,21,23,27,29,68,70,76-80,82-93,95-98,100-106H,3-14,16,18-20,22,24-26,28,30-67,69,71-75H2,1-2H3,(H,94,99)/b17-15-,23-21-,29-27-,70-68+. The summed E-state index contributed by atoms with van der Waals surface area (Å²) in [5, 5.41) is 121.